The van der Waals surface area contributed by atoms with E-state index in [9.17, 15) is 24.3 Å². The fraction of sp³-hybridized carbons (Fsp3) is 0.429. The summed E-state index contributed by atoms with van der Waals surface area (Å²) in [6, 6.07) is 10.1. The van der Waals surface area contributed by atoms with Gasteiger partial charge in [0, 0.05) is 32.6 Å². The molecule has 3 N–H and O–H groups in total. The van der Waals surface area contributed by atoms with E-state index < -0.39 is 5.97 Å². The predicted molar refractivity (Wildman–Crippen MR) is 238 cm³/mol. The minimum absolute atomic E-state index is 0. The van der Waals surface area contributed by atoms with Crippen molar-refractivity contribution in [2.45, 2.75) is 69.9 Å². The van der Waals surface area contributed by atoms with Gasteiger partial charge in [0.15, 0.2) is 23.1 Å². The van der Waals surface area contributed by atoms with Crippen LogP contribution in [0.15, 0.2) is 48.8 Å². The van der Waals surface area contributed by atoms with E-state index >= 15 is 0 Å². The van der Waals surface area contributed by atoms with Crippen molar-refractivity contribution in [2.75, 3.05) is 69.6 Å². The van der Waals surface area contributed by atoms with Crippen LogP contribution in [0.5, 0.6) is 11.5 Å². The second-order valence-electron chi connectivity index (χ2n) is 16.1. The van der Waals surface area contributed by atoms with Gasteiger partial charge in [-0.05, 0) is 105 Å². The van der Waals surface area contributed by atoms with Crippen LogP contribution in [-0.2, 0) is 12.8 Å². The van der Waals surface area contributed by atoms with E-state index in [-0.39, 0.29) is 62.6 Å². The van der Waals surface area contributed by atoms with Crippen molar-refractivity contribution in [3.63, 3.8) is 0 Å². The molecule has 11 rings (SSSR count). The average molecular weight is 869 g/mol. The van der Waals surface area contributed by atoms with Crippen molar-refractivity contribution < 1.29 is 33.8 Å². The van der Waals surface area contributed by atoms with Gasteiger partial charge in [0.1, 0.15) is 28.8 Å². The summed E-state index contributed by atoms with van der Waals surface area (Å²) in [6.45, 7) is 4.57. The predicted octanol–water partition coefficient (Wildman–Crippen LogP) is 5.77. The Hall–Kier alpha value is -5.82. The Kier molecular flexibility index (Phi) is 11.9. The van der Waals surface area contributed by atoms with Gasteiger partial charge in [0.2, 0.25) is 0 Å². The van der Waals surface area contributed by atoms with Crippen molar-refractivity contribution in [2.24, 2.45) is 5.92 Å². The second-order valence-corrected chi connectivity index (χ2v) is 16.1. The number of carbonyl (C=O) groups is 4. The highest BCUT2D eigenvalue weighted by atomic mass is 32.1. The Bertz CT molecular complexity index is 2380. The molecule has 4 amide bonds. The van der Waals surface area contributed by atoms with E-state index in [4.69, 9.17) is 9.47 Å². The van der Waals surface area contributed by atoms with Crippen LogP contribution in [0, 0.1) is 5.92 Å². The highest BCUT2D eigenvalue weighted by Crippen LogP contribution is 2.41. The highest BCUT2D eigenvalue weighted by molar-refractivity contribution is 7.59. The monoisotopic (exact) mass is 868 g/mol. The van der Waals surface area contributed by atoms with Crippen LogP contribution in [0.2, 0.25) is 0 Å². The van der Waals surface area contributed by atoms with Gasteiger partial charge in [0.05, 0.1) is 49.1 Å². The normalized spacial score (nSPS) is 19.7. The zero-order valence-electron chi connectivity index (χ0n) is 33.4. The Morgan fingerprint density at radius 2 is 1.18 bits per heavy atom. The summed E-state index contributed by atoms with van der Waals surface area (Å²) >= 11 is 0. The van der Waals surface area contributed by atoms with Gasteiger partial charge in [-0.25, -0.2) is 34.3 Å². The molecule has 3 fully saturated rings. The molecule has 1 saturated carbocycles. The number of pyridine rings is 4. The summed E-state index contributed by atoms with van der Waals surface area (Å²) in [5, 5.41) is 15.1. The van der Waals surface area contributed by atoms with Gasteiger partial charge < -0.3 is 24.4 Å². The summed E-state index contributed by atoms with van der Waals surface area (Å²) in [6.07, 6.45) is 11.5. The van der Waals surface area contributed by atoms with Crippen LogP contribution in [0.25, 0.3) is 0 Å². The molecule has 2 saturated heterocycles. The number of fused-ring (bicyclic) bond motifs is 10. The number of urea groups is 2. The number of carboxylic acids is 1. The van der Waals surface area contributed by atoms with E-state index in [2.05, 4.69) is 40.4 Å². The number of hydrogen-bond acceptors (Lipinski definition) is 12. The Balaban J connectivity index is 0.000000164. The summed E-state index contributed by atoms with van der Waals surface area (Å²) in [5.74, 6) is 2.92. The maximum atomic E-state index is 13.4. The number of Topliss-reactive ketones (excluding diaryl/α,β-unsaturated/α-hetero) is 1. The largest absolute Gasteiger partial charge is 0.492 e. The quantitative estimate of drug-likeness (QED) is 0.198. The lowest BCUT2D eigenvalue weighted by Gasteiger charge is -2.35. The van der Waals surface area contributed by atoms with Gasteiger partial charge >= 0.3 is 18.0 Å². The number of amides is 4. The number of carbonyl (C=O) groups excluding carboxylic acids is 3. The molecule has 61 heavy (non-hydrogen) atoms. The van der Waals surface area contributed by atoms with Gasteiger partial charge in [-0.1, -0.05) is 0 Å². The van der Waals surface area contributed by atoms with Crippen LogP contribution < -0.4 is 39.7 Å². The summed E-state index contributed by atoms with van der Waals surface area (Å²) in [4.78, 5) is 75.7. The smallest absolute Gasteiger partial charge is 0.354 e. The molecule has 7 aliphatic rings. The lowest BCUT2D eigenvalue weighted by molar-refractivity contribution is 0.0690. The van der Waals surface area contributed by atoms with E-state index in [0.717, 1.165) is 105 Å². The van der Waals surface area contributed by atoms with Crippen LogP contribution in [0.4, 0.5) is 44.2 Å². The number of carboxylic acid groups (broad SMARTS) is 1. The standard InChI is InChI=1S/C23H25N5O3.C19H19N5O4.2H2S/c29-19(10-14-3-4-14)17-5-6-18-22(25-17)28(16-7-8-27(18)13-16)23(30)26-21-11-15-2-1-9-31-20(15)12-24-21;25-18(26)13-3-4-14-17(21-13)24(12-5-6-23(14)10-12)19(27)22-16-8-11-2-1-7-28-15(11)9-20-16;;/h5-6,11-12,14,16H,1-4,7-10,13H2,(H,24,26,30);3-4,8-9,12H,1-2,5-7,10H2,(H,25,26)(H,20,22,27);2*1H2/t16-;12-;;/m00../s1. The molecule has 17 nitrogen and oxygen atoms in total. The van der Waals surface area contributed by atoms with Crippen molar-refractivity contribution in [1.29, 1.82) is 0 Å². The van der Waals surface area contributed by atoms with E-state index in [0.29, 0.717) is 61.1 Å². The lowest BCUT2D eigenvalue weighted by Crippen LogP contribution is -2.48. The molecular weight excluding hydrogens is 821 g/mol. The third-order valence-electron chi connectivity index (χ3n) is 12.1. The molecule has 0 radical (unpaired) electrons. The van der Waals surface area contributed by atoms with Gasteiger partial charge in [-0.3, -0.25) is 25.2 Å². The number of rotatable bonds is 6. The van der Waals surface area contributed by atoms with E-state index in [1.807, 2.05) is 24.3 Å². The number of aromatic carboxylic acids is 1. The summed E-state index contributed by atoms with van der Waals surface area (Å²) in [5.41, 5.74) is 4.15. The Labute approximate surface area is 366 Å². The fourth-order valence-electron chi connectivity index (χ4n) is 8.89. The molecule has 6 aliphatic heterocycles. The van der Waals surface area contributed by atoms with Crippen LogP contribution in [0.1, 0.15) is 77.0 Å². The van der Waals surface area contributed by atoms with Crippen LogP contribution in [-0.4, -0.2) is 100 Å². The summed E-state index contributed by atoms with van der Waals surface area (Å²) < 4.78 is 11.2. The maximum absolute atomic E-state index is 13.4. The second kappa shape index (κ2) is 17.3. The highest BCUT2D eigenvalue weighted by Gasteiger charge is 2.42. The number of aromatic nitrogens is 4. The number of nitrogens with one attached hydrogen (secondary N) is 2. The molecule has 0 aromatic carbocycles. The number of ketones is 1. The number of hydrogen-bond donors (Lipinski definition) is 3. The zero-order valence-corrected chi connectivity index (χ0v) is 35.4. The van der Waals surface area contributed by atoms with Gasteiger partial charge in [-0.15, -0.1) is 0 Å². The minimum atomic E-state index is -1.12. The first-order valence-electron chi connectivity index (χ1n) is 20.5. The number of ether oxygens (including phenoxy) is 2. The lowest BCUT2D eigenvalue weighted by atomic mass is 10.1. The van der Waals surface area contributed by atoms with Crippen molar-refractivity contribution in [3.05, 3.63) is 71.3 Å². The van der Waals surface area contributed by atoms with E-state index in [1.54, 1.807) is 28.3 Å². The molecule has 1 aliphatic carbocycles. The summed E-state index contributed by atoms with van der Waals surface area (Å²) in [7, 11) is 0. The number of anilines is 6. The molecule has 10 heterocycles. The SMILES string of the molecule is O=C(CC1CC1)c1ccc2c(n1)N(C(=O)Nc1cc3c(cn1)OCCC3)[C@H]1CCN2C1.O=C(O)c1ccc2c(n1)N(C(=O)Nc1cc3c(cn1)OCCC3)[C@H]1CCN2C1.S.S. The van der Waals surface area contributed by atoms with Crippen molar-refractivity contribution in [3.8, 4) is 11.5 Å². The van der Waals surface area contributed by atoms with Crippen LogP contribution >= 0.6 is 27.0 Å². The molecule has 19 heteroatoms. The molecule has 320 valence electrons. The molecular formula is C42H48N10O7S2. The Morgan fingerprint density at radius 3 is 1.67 bits per heavy atom. The average Bonchev–Trinajstić information content (AvgIpc) is 3.82. The van der Waals surface area contributed by atoms with Crippen LogP contribution in [0.3, 0.4) is 0 Å². The van der Waals surface area contributed by atoms with E-state index in [1.165, 1.54) is 6.07 Å². The molecule has 2 atom stereocenters. The topological polar surface area (TPSA) is 196 Å². The van der Waals surface area contributed by atoms with Gasteiger partial charge in [0.25, 0.3) is 0 Å². The first kappa shape index (κ1) is 41.9. The fourth-order valence-corrected chi connectivity index (χ4v) is 8.89. The third-order valence-corrected chi connectivity index (χ3v) is 12.1. The molecule has 0 unspecified atom stereocenters. The first-order valence-corrected chi connectivity index (χ1v) is 20.5. The van der Waals surface area contributed by atoms with Crippen molar-refractivity contribution in [1.82, 2.24) is 19.9 Å². The Morgan fingerprint density at radius 1 is 0.689 bits per heavy atom. The molecule has 0 spiro atoms. The third kappa shape index (κ3) is 8.32. The first-order chi connectivity index (χ1) is 28.8. The zero-order chi connectivity index (χ0) is 40.2. The van der Waals surface area contributed by atoms with Gasteiger partial charge in [-0.2, -0.15) is 27.0 Å². The minimum Gasteiger partial charge on any atom is -0.492 e. The number of nitrogens with zero attached hydrogens (tertiary/aromatic N) is 8. The molecule has 4 aromatic heterocycles. The number of aryl methyl sites for hydroxylation is 2. The maximum Gasteiger partial charge on any atom is 0.354 e. The van der Waals surface area contributed by atoms with Crippen molar-refractivity contribution >= 4 is 85.5 Å². The molecule has 4 aromatic rings. The molecule has 4 bridgehead atoms.